The molecule has 66 valence electrons. The highest BCUT2D eigenvalue weighted by Gasteiger charge is 2.13. The predicted octanol–water partition coefficient (Wildman–Crippen LogP) is 2.11. The Bertz CT molecular complexity index is 298. The van der Waals surface area contributed by atoms with E-state index in [0.29, 0.717) is 17.2 Å². The van der Waals surface area contributed by atoms with Gasteiger partial charge in [-0.1, -0.05) is 0 Å². The van der Waals surface area contributed by atoms with Crippen LogP contribution >= 0.6 is 33.9 Å². The molecule has 1 heterocycles. The summed E-state index contributed by atoms with van der Waals surface area (Å²) in [4.78, 5) is 11.7. The molecule has 0 unspecified atom stereocenters. The number of anilines is 1. The molecule has 1 aromatic heterocycles. The molecule has 3 nitrogen and oxygen atoms in total. The second-order valence-electron chi connectivity index (χ2n) is 2.06. The Morgan fingerprint density at radius 1 is 1.83 bits per heavy atom. The van der Waals surface area contributed by atoms with Gasteiger partial charge in [-0.25, -0.2) is 4.79 Å². The van der Waals surface area contributed by atoms with Crippen molar-refractivity contribution in [3.8, 4) is 0 Å². The normalized spacial score (nSPS) is 9.83. The van der Waals surface area contributed by atoms with E-state index in [1.54, 1.807) is 13.0 Å². The molecule has 0 amide bonds. The predicted molar refractivity (Wildman–Crippen MR) is 57.4 cm³/mol. The van der Waals surface area contributed by atoms with Gasteiger partial charge in [0.15, 0.2) is 0 Å². The van der Waals surface area contributed by atoms with Crippen molar-refractivity contribution in [2.45, 2.75) is 6.92 Å². The first kappa shape index (κ1) is 9.79. The van der Waals surface area contributed by atoms with Crippen molar-refractivity contribution in [3.05, 3.63) is 13.8 Å². The maximum atomic E-state index is 11.2. The molecule has 0 spiro atoms. The van der Waals surface area contributed by atoms with Crippen LogP contribution in [0.4, 0.5) is 5.69 Å². The van der Waals surface area contributed by atoms with Crippen molar-refractivity contribution in [1.29, 1.82) is 0 Å². The molecular formula is C7H8INO2S. The summed E-state index contributed by atoms with van der Waals surface area (Å²) in [5.41, 5.74) is 6.08. The first-order valence-electron chi connectivity index (χ1n) is 3.37. The van der Waals surface area contributed by atoms with E-state index in [1.165, 1.54) is 11.3 Å². The monoisotopic (exact) mass is 297 g/mol. The lowest BCUT2D eigenvalue weighted by Crippen LogP contribution is -2.04. The SMILES string of the molecule is CCOC(=O)c1sc(I)cc1N. The van der Waals surface area contributed by atoms with Gasteiger partial charge >= 0.3 is 5.97 Å². The fourth-order valence-electron chi connectivity index (χ4n) is 0.730. The van der Waals surface area contributed by atoms with Crippen LogP contribution < -0.4 is 5.73 Å². The number of nitrogen functional groups attached to an aromatic ring is 1. The maximum absolute atomic E-state index is 11.2. The Kier molecular flexibility index (Phi) is 3.33. The molecule has 0 saturated carbocycles. The summed E-state index contributed by atoms with van der Waals surface area (Å²) in [7, 11) is 0. The summed E-state index contributed by atoms with van der Waals surface area (Å²) in [5.74, 6) is -0.331. The van der Waals surface area contributed by atoms with Crippen molar-refractivity contribution < 1.29 is 9.53 Å². The lowest BCUT2D eigenvalue weighted by Gasteiger charge is -1.98. The topological polar surface area (TPSA) is 52.3 Å². The van der Waals surface area contributed by atoms with Gasteiger partial charge in [-0.15, -0.1) is 11.3 Å². The van der Waals surface area contributed by atoms with E-state index >= 15 is 0 Å². The molecule has 0 fully saturated rings. The third kappa shape index (κ3) is 2.10. The number of ether oxygens (including phenoxy) is 1. The van der Waals surface area contributed by atoms with Gasteiger partial charge in [0.1, 0.15) is 4.88 Å². The van der Waals surface area contributed by atoms with Crippen LogP contribution in [-0.2, 0) is 4.74 Å². The molecule has 2 N–H and O–H groups in total. The van der Waals surface area contributed by atoms with E-state index in [1.807, 2.05) is 0 Å². The third-order valence-corrected chi connectivity index (χ3v) is 3.08. The lowest BCUT2D eigenvalue weighted by atomic mass is 10.4. The zero-order valence-electron chi connectivity index (χ0n) is 6.46. The molecule has 0 aliphatic rings. The highest BCUT2D eigenvalue weighted by Crippen LogP contribution is 2.26. The van der Waals surface area contributed by atoms with Crippen molar-refractivity contribution in [2.75, 3.05) is 12.3 Å². The number of carbonyl (C=O) groups excluding carboxylic acids is 1. The second-order valence-corrected chi connectivity index (χ2v) is 5.00. The Balaban J connectivity index is 2.87. The molecule has 0 aliphatic heterocycles. The van der Waals surface area contributed by atoms with Crippen LogP contribution in [0.25, 0.3) is 0 Å². The minimum absolute atomic E-state index is 0.331. The van der Waals surface area contributed by atoms with Gasteiger partial charge in [0.05, 0.1) is 15.2 Å². The van der Waals surface area contributed by atoms with Gasteiger partial charge < -0.3 is 10.5 Å². The maximum Gasteiger partial charge on any atom is 0.350 e. The third-order valence-electron chi connectivity index (χ3n) is 1.19. The van der Waals surface area contributed by atoms with Crippen molar-refractivity contribution in [2.24, 2.45) is 0 Å². The summed E-state index contributed by atoms with van der Waals surface area (Å²) in [6, 6.07) is 1.76. The van der Waals surface area contributed by atoms with Crippen molar-refractivity contribution in [1.82, 2.24) is 0 Å². The largest absolute Gasteiger partial charge is 0.462 e. The summed E-state index contributed by atoms with van der Waals surface area (Å²) in [6.45, 7) is 2.15. The average molecular weight is 297 g/mol. The zero-order chi connectivity index (χ0) is 9.14. The number of hydrogen-bond donors (Lipinski definition) is 1. The molecule has 0 atom stereocenters. The van der Waals surface area contributed by atoms with E-state index in [9.17, 15) is 4.79 Å². The number of halogens is 1. The first-order valence-corrected chi connectivity index (χ1v) is 5.26. The Labute approximate surface area is 88.0 Å². The van der Waals surface area contributed by atoms with Crippen LogP contribution in [0.15, 0.2) is 6.07 Å². The van der Waals surface area contributed by atoms with E-state index in [4.69, 9.17) is 10.5 Å². The van der Waals surface area contributed by atoms with Crippen LogP contribution in [0, 0.1) is 2.88 Å². The van der Waals surface area contributed by atoms with E-state index in [2.05, 4.69) is 22.6 Å². The molecule has 0 radical (unpaired) electrons. The number of thiophene rings is 1. The number of nitrogens with two attached hydrogens (primary N) is 1. The summed E-state index contributed by atoms with van der Waals surface area (Å²) in [6.07, 6.45) is 0. The molecule has 1 rings (SSSR count). The van der Waals surface area contributed by atoms with Crippen LogP contribution in [0.2, 0.25) is 0 Å². The minimum Gasteiger partial charge on any atom is -0.462 e. The van der Waals surface area contributed by atoms with Crippen molar-refractivity contribution >= 4 is 45.6 Å². The van der Waals surface area contributed by atoms with E-state index in [-0.39, 0.29) is 5.97 Å². The zero-order valence-corrected chi connectivity index (χ0v) is 9.44. The fourth-order valence-corrected chi connectivity index (χ4v) is 2.43. The highest BCUT2D eigenvalue weighted by molar-refractivity contribution is 14.1. The molecule has 1 aromatic rings. The smallest absolute Gasteiger partial charge is 0.350 e. The van der Waals surface area contributed by atoms with E-state index < -0.39 is 0 Å². The van der Waals surface area contributed by atoms with Crippen LogP contribution in [0.1, 0.15) is 16.6 Å². The van der Waals surface area contributed by atoms with Gasteiger partial charge in [0.2, 0.25) is 0 Å². The standard InChI is InChI=1S/C7H8INO2S/c1-2-11-7(10)6-4(9)3-5(8)12-6/h3H,2,9H2,1H3. The van der Waals surface area contributed by atoms with Gasteiger partial charge in [0.25, 0.3) is 0 Å². The van der Waals surface area contributed by atoms with Gasteiger partial charge in [0, 0.05) is 0 Å². The molecule has 0 saturated heterocycles. The average Bonchev–Trinajstić information content (AvgIpc) is 2.30. The molecule has 0 bridgehead atoms. The Hall–Kier alpha value is -0.300. The number of rotatable bonds is 2. The summed E-state index contributed by atoms with van der Waals surface area (Å²) >= 11 is 3.47. The Morgan fingerprint density at radius 3 is 2.92 bits per heavy atom. The van der Waals surface area contributed by atoms with Crippen molar-refractivity contribution in [3.63, 3.8) is 0 Å². The fraction of sp³-hybridized carbons (Fsp3) is 0.286. The minimum atomic E-state index is -0.331. The number of hydrogen-bond acceptors (Lipinski definition) is 4. The quantitative estimate of drug-likeness (QED) is 0.672. The van der Waals surface area contributed by atoms with Gasteiger partial charge in [-0.2, -0.15) is 0 Å². The molecule has 0 aliphatic carbocycles. The summed E-state index contributed by atoms with van der Waals surface area (Å²) < 4.78 is 5.80. The highest BCUT2D eigenvalue weighted by atomic mass is 127. The molecule has 12 heavy (non-hydrogen) atoms. The molecule has 5 heteroatoms. The number of esters is 1. The van der Waals surface area contributed by atoms with Crippen LogP contribution in [0.5, 0.6) is 0 Å². The second kappa shape index (κ2) is 4.08. The Morgan fingerprint density at radius 2 is 2.50 bits per heavy atom. The first-order chi connectivity index (χ1) is 5.65. The van der Waals surface area contributed by atoms with E-state index in [0.717, 1.165) is 2.88 Å². The van der Waals surface area contributed by atoms with Gasteiger partial charge in [-0.3, -0.25) is 0 Å². The lowest BCUT2D eigenvalue weighted by molar-refractivity contribution is 0.0533. The molecular weight excluding hydrogens is 289 g/mol. The van der Waals surface area contributed by atoms with Crippen LogP contribution in [-0.4, -0.2) is 12.6 Å². The number of carbonyl (C=O) groups is 1. The van der Waals surface area contributed by atoms with Crippen LogP contribution in [0.3, 0.4) is 0 Å². The molecule has 0 aromatic carbocycles. The van der Waals surface area contributed by atoms with Gasteiger partial charge in [-0.05, 0) is 35.6 Å². The summed E-state index contributed by atoms with van der Waals surface area (Å²) in [5, 5.41) is 0.